The second-order valence-electron chi connectivity index (χ2n) is 5.95. The maximum atomic E-state index is 13.5. The molecule has 0 radical (unpaired) electrons. The Kier molecular flexibility index (Phi) is 5.49. The summed E-state index contributed by atoms with van der Waals surface area (Å²) >= 11 is 0. The summed E-state index contributed by atoms with van der Waals surface area (Å²) in [6.07, 6.45) is -2.24. The normalized spacial score (nSPS) is 11.0. The van der Waals surface area contributed by atoms with Crippen molar-refractivity contribution in [2.75, 3.05) is 5.32 Å². The van der Waals surface area contributed by atoms with Gasteiger partial charge in [-0.1, -0.05) is 36.4 Å². The molecule has 0 saturated carbocycles. The summed E-state index contributed by atoms with van der Waals surface area (Å²) in [4.78, 5) is 38.1. The smallest absolute Gasteiger partial charge is 0.367 e. The van der Waals surface area contributed by atoms with Crippen LogP contribution in [0.15, 0.2) is 71.8 Å². The lowest BCUT2D eigenvalue weighted by molar-refractivity contribution is -0.137. The number of anilines is 1. The molecule has 0 spiro atoms. The van der Waals surface area contributed by atoms with Gasteiger partial charge in [0.15, 0.2) is 5.43 Å². The van der Waals surface area contributed by atoms with Gasteiger partial charge in [-0.2, -0.15) is 13.2 Å². The van der Waals surface area contributed by atoms with Crippen molar-refractivity contribution < 1.29 is 22.8 Å². The Morgan fingerprint density at radius 3 is 2.34 bits per heavy atom. The Hall–Kier alpha value is -3.88. The van der Waals surface area contributed by atoms with Gasteiger partial charge in [-0.25, -0.2) is 4.79 Å². The highest BCUT2D eigenvalue weighted by Crippen LogP contribution is 2.38. The lowest BCUT2D eigenvalue weighted by atomic mass is 9.98. The number of hydrogen-bond donors (Lipinski definition) is 3. The molecule has 3 N–H and O–H groups in total. The van der Waals surface area contributed by atoms with E-state index in [9.17, 15) is 27.6 Å². The SMILES string of the molecule is O=C(NC(=O)c1c[nH]ccc1=O)Nc1ccc(-c2ccccc2)c(C(F)(F)F)c1. The molecule has 0 aliphatic heterocycles. The van der Waals surface area contributed by atoms with Gasteiger partial charge < -0.3 is 10.3 Å². The van der Waals surface area contributed by atoms with Crippen molar-refractivity contribution >= 4 is 17.6 Å². The Labute approximate surface area is 162 Å². The van der Waals surface area contributed by atoms with Crippen LogP contribution in [0.25, 0.3) is 11.1 Å². The highest BCUT2D eigenvalue weighted by atomic mass is 19.4. The van der Waals surface area contributed by atoms with E-state index in [1.165, 1.54) is 18.3 Å². The van der Waals surface area contributed by atoms with Crippen LogP contribution < -0.4 is 16.1 Å². The highest BCUT2D eigenvalue weighted by molar-refractivity contribution is 6.07. The van der Waals surface area contributed by atoms with E-state index in [1.54, 1.807) is 30.3 Å². The summed E-state index contributed by atoms with van der Waals surface area (Å²) in [6, 6.07) is 11.3. The van der Waals surface area contributed by atoms with Gasteiger partial charge >= 0.3 is 12.2 Å². The fourth-order valence-corrected chi connectivity index (χ4v) is 2.65. The van der Waals surface area contributed by atoms with Gasteiger partial charge in [0, 0.05) is 24.1 Å². The predicted molar refractivity (Wildman–Crippen MR) is 100 cm³/mol. The molecule has 0 fully saturated rings. The lowest BCUT2D eigenvalue weighted by Gasteiger charge is -2.15. The molecule has 3 amide bonds. The van der Waals surface area contributed by atoms with Crippen LogP contribution in [0.3, 0.4) is 0 Å². The third kappa shape index (κ3) is 4.70. The number of pyridine rings is 1. The Morgan fingerprint density at radius 2 is 1.69 bits per heavy atom. The number of aromatic nitrogens is 1. The van der Waals surface area contributed by atoms with E-state index in [1.807, 2.05) is 5.32 Å². The Morgan fingerprint density at radius 1 is 0.966 bits per heavy atom. The zero-order valence-corrected chi connectivity index (χ0v) is 14.7. The van der Waals surface area contributed by atoms with E-state index in [-0.39, 0.29) is 16.8 Å². The summed E-state index contributed by atoms with van der Waals surface area (Å²) < 4.78 is 40.5. The molecule has 9 heteroatoms. The van der Waals surface area contributed by atoms with E-state index >= 15 is 0 Å². The van der Waals surface area contributed by atoms with E-state index in [0.29, 0.717) is 5.56 Å². The van der Waals surface area contributed by atoms with Crippen LogP contribution in [0.2, 0.25) is 0 Å². The summed E-state index contributed by atoms with van der Waals surface area (Å²) in [5.41, 5.74) is -1.69. The molecule has 1 heterocycles. The number of urea groups is 1. The van der Waals surface area contributed by atoms with Crippen LogP contribution in [0, 0.1) is 0 Å². The number of halogens is 3. The quantitative estimate of drug-likeness (QED) is 0.619. The fourth-order valence-electron chi connectivity index (χ4n) is 2.65. The lowest BCUT2D eigenvalue weighted by Crippen LogP contribution is -2.36. The number of aromatic amines is 1. The Bertz CT molecular complexity index is 1110. The van der Waals surface area contributed by atoms with Gasteiger partial charge in [0.1, 0.15) is 5.56 Å². The first-order chi connectivity index (χ1) is 13.8. The van der Waals surface area contributed by atoms with Crippen LogP contribution in [-0.4, -0.2) is 16.9 Å². The average molecular weight is 401 g/mol. The van der Waals surface area contributed by atoms with Gasteiger partial charge in [0.2, 0.25) is 0 Å². The molecule has 0 atom stereocenters. The van der Waals surface area contributed by atoms with Gasteiger partial charge in [-0.3, -0.25) is 14.9 Å². The first-order valence-corrected chi connectivity index (χ1v) is 8.32. The maximum absolute atomic E-state index is 13.5. The fraction of sp³-hybridized carbons (Fsp3) is 0.0500. The summed E-state index contributed by atoms with van der Waals surface area (Å²) in [5.74, 6) is -0.985. The molecule has 0 aliphatic carbocycles. The number of imide groups is 1. The second-order valence-corrected chi connectivity index (χ2v) is 5.95. The van der Waals surface area contributed by atoms with Crippen molar-refractivity contribution in [1.82, 2.24) is 10.3 Å². The molecule has 2 aromatic carbocycles. The topological polar surface area (TPSA) is 91.1 Å². The number of carbonyl (C=O) groups is 2. The minimum absolute atomic E-state index is 0.0454. The van der Waals surface area contributed by atoms with Gasteiger partial charge in [0.25, 0.3) is 5.91 Å². The van der Waals surface area contributed by atoms with E-state index < -0.39 is 29.1 Å². The molecule has 3 aromatic rings. The van der Waals surface area contributed by atoms with Crippen LogP contribution in [0.5, 0.6) is 0 Å². The highest BCUT2D eigenvalue weighted by Gasteiger charge is 2.34. The van der Waals surface area contributed by atoms with Crippen molar-refractivity contribution in [3.8, 4) is 11.1 Å². The van der Waals surface area contributed by atoms with Gasteiger partial charge in [-0.15, -0.1) is 0 Å². The number of amides is 3. The molecule has 0 bridgehead atoms. The number of carbonyl (C=O) groups excluding carboxylic acids is 2. The number of hydrogen-bond acceptors (Lipinski definition) is 3. The third-order valence-corrected chi connectivity index (χ3v) is 3.96. The molecule has 0 unspecified atom stereocenters. The average Bonchev–Trinajstić information content (AvgIpc) is 2.68. The van der Waals surface area contributed by atoms with Crippen molar-refractivity contribution in [2.24, 2.45) is 0 Å². The summed E-state index contributed by atoms with van der Waals surface area (Å²) in [5, 5.41) is 4.07. The van der Waals surface area contributed by atoms with E-state index in [2.05, 4.69) is 10.3 Å². The van der Waals surface area contributed by atoms with Crippen LogP contribution in [0.1, 0.15) is 15.9 Å². The molecular weight excluding hydrogens is 387 g/mol. The van der Waals surface area contributed by atoms with Crippen LogP contribution >= 0.6 is 0 Å². The monoisotopic (exact) mass is 401 g/mol. The van der Waals surface area contributed by atoms with Crippen molar-refractivity contribution in [2.45, 2.75) is 6.18 Å². The van der Waals surface area contributed by atoms with Crippen molar-refractivity contribution in [1.29, 1.82) is 0 Å². The van der Waals surface area contributed by atoms with Crippen LogP contribution in [0.4, 0.5) is 23.7 Å². The maximum Gasteiger partial charge on any atom is 0.417 e. The number of nitrogens with one attached hydrogen (secondary N) is 3. The number of rotatable bonds is 3. The molecule has 29 heavy (non-hydrogen) atoms. The summed E-state index contributed by atoms with van der Waals surface area (Å²) in [6.45, 7) is 0. The number of H-pyrrole nitrogens is 1. The standard InChI is InChI=1S/C20H14F3N3O3/c21-20(22,23)16-10-13(6-7-14(16)12-4-2-1-3-5-12)25-19(29)26-18(28)15-11-24-9-8-17(15)27/h1-11H,(H,24,27)(H2,25,26,28,29). The minimum Gasteiger partial charge on any atom is -0.367 e. The molecule has 1 aromatic heterocycles. The van der Waals surface area contributed by atoms with Gasteiger partial charge in [-0.05, 0) is 23.3 Å². The minimum atomic E-state index is -4.66. The largest absolute Gasteiger partial charge is 0.417 e. The molecule has 0 saturated heterocycles. The van der Waals surface area contributed by atoms with Crippen molar-refractivity contribution in [3.05, 3.63) is 88.3 Å². The first-order valence-electron chi connectivity index (χ1n) is 8.32. The number of alkyl halides is 3. The molecule has 6 nitrogen and oxygen atoms in total. The Balaban J connectivity index is 1.83. The first kappa shape index (κ1) is 19.9. The molecule has 148 valence electrons. The third-order valence-electron chi connectivity index (χ3n) is 3.96. The molecular formula is C20H14F3N3O3. The second kappa shape index (κ2) is 8.01. The molecule has 3 rings (SSSR count). The zero-order chi connectivity index (χ0) is 21.0. The summed E-state index contributed by atoms with van der Waals surface area (Å²) in [7, 11) is 0. The zero-order valence-electron chi connectivity index (χ0n) is 14.7. The number of benzene rings is 2. The van der Waals surface area contributed by atoms with Crippen molar-refractivity contribution in [3.63, 3.8) is 0 Å². The van der Waals surface area contributed by atoms with E-state index in [4.69, 9.17) is 0 Å². The molecule has 0 aliphatic rings. The van der Waals surface area contributed by atoms with E-state index in [0.717, 1.165) is 18.3 Å². The predicted octanol–water partition coefficient (Wildman–Crippen LogP) is 4.02. The van der Waals surface area contributed by atoms with Crippen LogP contribution in [-0.2, 0) is 6.18 Å². The van der Waals surface area contributed by atoms with Gasteiger partial charge in [0.05, 0.1) is 5.56 Å².